The molecule has 0 aromatic heterocycles. The average Bonchev–Trinajstić information content (AvgIpc) is 2.78. The van der Waals surface area contributed by atoms with Crippen LogP contribution in [0.4, 0.5) is 0 Å². The lowest BCUT2D eigenvalue weighted by Crippen LogP contribution is -1.85. The predicted molar refractivity (Wildman–Crippen MR) is 150 cm³/mol. The molecule has 0 radical (unpaired) electrons. The minimum Gasteiger partial charge on any atom is -0.0658 e. The van der Waals surface area contributed by atoms with Crippen LogP contribution < -0.4 is 0 Å². The van der Waals surface area contributed by atoms with Crippen LogP contribution in [-0.2, 0) is 0 Å². The molecule has 0 atom stereocenters. The summed E-state index contributed by atoms with van der Waals surface area (Å²) in [7, 11) is 1.41. The van der Waals surface area contributed by atoms with Crippen molar-refractivity contribution < 1.29 is 0 Å². The quantitative estimate of drug-likeness (QED) is 0.0817. The topological polar surface area (TPSA) is 0 Å². The molecule has 0 N–H and O–H groups in total. The maximum Gasteiger partial charge on any atom is 0.00279 e. The Bertz CT molecular complexity index is 260. The summed E-state index contributed by atoms with van der Waals surface area (Å²) in [6, 6.07) is 1.51. The van der Waals surface area contributed by atoms with Gasteiger partial charge in [-0.05, 0) is 0 Å². The number of unbranched alkanes of at least 4 members (excludes halogenated alkanes) is 27. The first-order valence-electron chi connectivity index (χ1n) is 15.4. The summed E-state index contributed by atoms with van der Waals surface area (Å²) in [5, 5.41) is 0. The van der Waals surface area contributed by atoms with Crippen LogP contribution >= 0.6 is 0 Å². The van der Waals surface area contributed by atoms with Crippen LogP contribution in [0.1, 0.15) is 187 Å². The fourth-order valence-corrected chi connectivity index (χ4v) is 5.42. The van der Waals surface area contributed by atoms with Crippen molar-refractivity contribution in [3.05, 3.63) is 0 Å². The van der Waals surface area contributed by atoms with Crippen LogP contribution in [0.5, 0.6) is 0 Å². The fourth-order valence-electron chi connectivity index (χ4n) is 4.92. The highest BCUT2D eigenvalue weighted by atomic mass is 28.1. The summed E-state index contributed by atoms with van der Waals surface area (Å²) in [5.41, 5.74) is 0. The zero-order valence-electron chi connectivity index (χ0n) is 22.5. The molecule has 0 fully saturated rings. The van der Waals surface area contributed by atoms with E-state index in [-0.39, 0.29) is 0 Å². The zero-order valence-corrected chi connectivity index (χ0v) is 24.5. The van der Waals surface area contributed by atoms with Gasteiger partial charge in [0.2, 0.25) is 0 Å². The molecule has 188 valence electrons. The second-order valence-corrected chi connectivity index (χ2v) is 11.5. The summed E-state index contributed by atoms with van der Waals surface area (Å²) >= 11 is 0. The molecule has 0 bridgehead atoms. The molecular formula is C30H64Si. The molecule has 0 saturated heterocycles. The van der Waals surface area contributed by atoms with Crippen molar-refractivity contribution in [3.63, 3.8) is 0 Å². The van der Waals surface area contributed by atoms with Crippen LogP contribution in [0.3, 0.4) is 0 Å². The Morgan fingerprint density at radius 2 is 0.419 bits per heavy atom. The molecule has 0 aliphatic rings. The molecule has 0 aliphatic carbocycles. The van der Waals surface area contributed by atoms with Crippen molar-refractivity contribution in [1.82, 2.24) is 0 Å². The van der Waals surface area contributed by atoms with E-state index >= 15 is 0 Å². The predicted octanol–water partition coefficient (Wildman–Crippen LogP) is 10.7. The molecule has 0 nitrogen and oxygen atoms in total. The molecule has 31 heavy (non-hydrogen) atoms. The summed E-state index contributed by atoms with van der Waals surface area (Å²) in [6.07, 6.45) is 41.7. The van der Waals surface area contributed by atoms with Gasteiger partial charge in [0.25, 0.3) is 0 Å². The molecule has 0 aliphatic heterocycles. The normalized spacial score (nSPS) is 11.5. The van der Waals surface area contributed by atoms with E-state index in [1.54, 1.807) is 0 Å². The molecule has 0 saturated carbocycles. The van der Waals surface area contributed by atoms with E-state index < -0.39 is 0 Å². The van der Waals surface area contributed by atoms with E-state index in [9.17, 15) is 0 Å². The van der Waals surface area contributed by atoms with E-state index in [4.69, 9.17) is 0 Å². The van der Waals surface area contributed by atoms with Gasteiger partial charge in [-0.3, -0.25) is 0 Å². The summed E-state index contributed by atoms with van der Waals surface area (Å²) in [6.45, 7) is 2.31. The van der Waals surface area contributed by atoms with Crippen molar-refractivity contribution in [1.29, 1.82) is 0 Å². The number of hydrogen-bond donors (Lipinski definition) is 0. The largest absolute Gasteiger partial charge is 0.0658 e. The highest BCUT2D eigenvalue weighted by Gasteiger charge is 1.96. The molecule has 0 spiro atoms. The molecule has 0 unspecified atom stereocenters. The van der Waals surface area contributed by atoms with E-state index in [0.29, 0.717) is 0 Å². The Balaban J connectivity index is 2.98. The van der Waals surface area contributed by atoms with Crippen LogP contribution in [0.2, 0.25) is 6.04 Å². The van der Waals surface area contributed by atoms with Gasteiger partial charge in [-0.1, -0.05) is 193 Å². The van der Waals surface area contributed by atoms with Crippen LogP contribution in [-0.4, -0.2) is 10.2 Å². The smallest absolute Gasteiger partial charge is 0.00279 e. The molecule has 1 heteroatoms. The van der Waals surface area contributed by atoms with Crippen LogP contribution in [0.25, 0.3) is 0 Å². The lowest BCUT2D eigenvalue weighted by molar-refractivity contribution is 0.514. The first-order valence-corrected chi connectivity index (χ1v) is 16.8. The van der Waals surface area contributed by atoms with Crippen molar-refractivity contribution >= 4 is 10.2 Å². The van der Waals surface area contributed by atoms with Crippen molar-refractivity contribution in [2.45, 2.75) is 193 Å². The fraction of sp³-hybridized carbons (Fsp3) is 1.00. The minimum atomic E-state index is 1.38. The molecule has 0 amide bonds. The molecule has 0 rings (SSSR count). The van der Waals surface area contributed by atoms with Gasteiger partial charge in [0.1, 0.15) is 0 Å². The third-order valence-corrected chi connectivity index (χ3v) is 7.91. The number of rotatable bonds is 28. The van der Waals surface area contributed by atoms with Crippen molar-refractivity contribution in [2.24, 2.45) is 0 Å². The lowest BCUT2D eigenvalue weighted by atomic mass is 10.0. The van der Waals surface area contributed by atoms with Gasteiger partial charge in [0, 0.05) is 10.2 Å². The first kappa shape index (κ1) is 31.2. The first-order chi connectivity index (χ1) is 15.4. The van der Waals surface area contributed by atoms with Crippen molar-refractivity contribution in [2.75, 3.05) is 0 Å². The zero-order chi connectivity index (χ0) is 22.5. The average molecular weight is 453 g/mol. The van der Waals surface area contributed by atoms with Gasteiger partial charge >= 0.3 is 0 Å². The lowest BCUT2D eigenvalue weighted by Gasteiger charge is -2.04. The summed E-state index contributed by atoms with van der Waals surface area (Å²) in [4.78, 5) is 0. The Labute approximate surface area is 202 Å². The Hall–Kier alpha value is 0.217. The monoisotopic (exact) mass is 452 g/mol. The van der Waals surface area contributed by atoms with Crippen LogP contribution in [0.15, 0.2) is 0 Å². The summed E-state index contributed by atoms with van der Waals surface area (Å²) < 4.78 is 0. The molecule has 0 heterocycles. The number of hydrogen-bond acceptors (Lipinski definition) is 0. The highest BCUT2D eigenvalue weighted by molar-refractivity contribution is 6.08. The summed E-state index contributed by atoms with van der Waals surface area (Å²) in [5.74, 6) is 0. The SMILES string of the molecule is CCCCCCCCCCCCCCCCCCCCCCCCCCCCCC[SiH3]. The van der Waals surface area contributed by atoms with E-state index in [1.165, 1.54) is 196 Å². The van der Waals surface area contributed by atoms with Gasteiger partial charge in [-0.2, -0.15) is 0 Å². The van der Waals surface area contributed by atoms with Crippen molar-refractivity contribution in [3.8, 4) is 0 Å². The maximum absolute atomic E-state index is 2.31. The van der Waals surface area contributed by atoms with E-state index in [2.05, 4.69) is 6.92 Å². The third kappa shape index (κ3) is 30.2. The highest BCUT2D eigenvalue weighted by Crippen LogP contribution is 2.16. The van der Waals surface area contributed by atoms with Crippen LogP contribution in [0, 0.1) is 0 Å². The second-order valence-electron chi connectivity index (χ2n) is 10.5. The Morgan fingerprint density at radius 3 is 0.581 bits per heavy atom. The second kappa shape index (κ2) is 30.2. The molecule has 0 aromatic rings. The Kier molecular flexibility index (Phi) is 30.4. The molecule has 0 aromatic carbocycles. The van der Waals surface area contributed by atoms with E-state index in [1.807, 2.05) is 0 Å². The van der Waals surface area contributed by atoms with Gasteiger partial charge in [0.15, 0.2) is 0 Å². The molecular weight excluding hydrogens is 388 g/mol. The Morgan fingerprint density at radius 1 is 0.258 bits per heavy atom. The minimum absolute atomic E-state index is 1.38. The standard InChI is InChI=1S/C30H64Si/c1-2-3-4-5-6-7-8-9-10-11-12-13-14-15-16-17-18-19-20-21-22-23-24-25-26-27-28-29-30-31/h2-30H2,1,31H3. The maximum atomic E-state index is 2.31. The van der Waals surface area contributed by atoms with Gasteiger partial charge in [-0.25, -0.2) is 0 Å². The van der Waals surface area contributed by atoms with Gasteiger partial charge in [-0.15, -0.1) is 0 Å². The van der Waals surface area contributed by atoms with Gasteiger partial charge in [0.05, 0.1) is 0 Å². The third-order valence-electron chi connectivity index (χ3n) is 7.21. The van der Waals surface area contributed by atoms with E-state index in [0.717, 1.165) is 0 Å². The van der Waals surface area contributed by atoms with Gasteiger partial charge < -0.3 is 0 Å².